The second kappa shape index (κ2) is 6.28. The predicted octanol–water partition coefficient (Wildman–Crippen LogP) is 0.759. The second-order valence-electron chi connectivity index (χ2n) is 1.49. The number of phenols is 2. The molecule has 0 unspecified atom stereocenters. The zero-order chi connectivity index (χ0) is 5.98. The van der Waals surface area contributed by atoms with Crippen LogP contribution in [0.4, 0.5) is 0 Å². The molecule has 0 aliphatic heterocycles. The van der Waals surface area contributed by atoms with Crippen LogP contribution in [0.15, 0.2) is 24.3 Å². The number of rotatable bonds is 0. The van der Waals surface area contributed by atoms with Gasteiger partial charge in [-0.3, -0.25) is 0 Å². The minimum atomic E-state index is -0.0764. The Morgan fingerprint density at radius 3 is 1.40 bits per heavy atom. The number of para-hydroxylation sites is 2. The fourth-order valence-corrected chi connectivity index (χ4v) is 0.464. The summed E-state index contributed by atoms with van der Waals surface area (Å²) in [6, 6.07) is 6.15. The van der Waals surface area contributed by atoms with Gasteiger partial charge in [-0.1, -0.05) is 12.1 Å². The molecule has 0 aromatic heterocycles. The zero-order valence-corrected chi connectivity index (χ0v) is 6.33. The first-order valence-electron chi connectivity index (χ1n) is 2.27. The van der Waals surface area contributed by atoms with Crippen molar-refractivity contribution < 1.29 is 10.2 Å². The summed E-state index contributed by atoms with van der Waals surface area (Å²) in [6.07, 6.45) is 0. The molecule has 0 bridgehead atoms. The van der Waals surface area contributed by atoms with E-state index >= 15 is 0 Å². The molecular formula is C6H9BrCaO2. The van der Waals surface area contributed by atoms with Crippen LogP contribution in [0.25, 0.3) is 0 Å². The van der Waals surface area contributed by atoms with Crippen LogP contribution in [-0.4, -0.2) is 48.0 Å². The molecule has 0 aliphatic carbocycles. The van der Waals surface area contributed by atoms with Gasteiger partial charge < -0.3 is 10.2 Å². The van der Waals surface area contributed by atoms with Gasteiger partial charge in [-0.05, 0) is 12.1 Å². The van der Waals surface area contributed by atoms with Crippen LogP contribution < -0.4 is 0 Å². The van der Waals surface area contributed by atoms with Gasteiger partial charge in [0, 0.05) is 0 Å². The summed E-state index contributed by atoms with van der Waals surface area (Å²) in [4.78, 5) is 0. The molecule has 54 valence electrons. The van der Waals surface area contributed by atoms with Crippen LogP contribution in [-0.2, 0) is 0 Å². The van der Waals surface area contributed by atoms with Gasteiger partial charge >= 0.3 is 37.7 Å². The number of benzene rings is 1. The van der Waals surface area contributed by atoms with E-state index in [2.05, 4.69) is 0 Å². The Balaban J connectivity index is 0. The van der Waals surface area contributed by atoms with Crippen molar-refractivity contribution in [3.8, 4) is 11.5 Å². The molecule has 4 heteroatoms. The summed E-state index contributed by atoms with van der Waals surface area (Å²) in [5.74, 6) is -0.153. The van der Waals surface area contributed by atoms with Crippen molar-refractivity contribution in [2.75, 3.05) is 0 Å². The normalized spacial score (nSPS) is 7.20. The SMILES string of the molecule is Br.Oc1ccccc1O.[CaH2]. The zero-order valence-electron chi connectivity index (χ0n) is 4.61. The Bertz CT molecular complexity index is 172. The molecule has 0 heterocycles. The third-order valence-corrected chi connectivity index (χ3v) is 0.882. The first-order chi connectivity index (χ1) is 3.80. The van der Waals surface area contributed by atoms with E-state index in [-0.39, 0.29) is 66.2 Å². The van der Waals surface area contributed by atoms with E-state index in [0.717, 1.165) is 0 Å². The van der Waals surface area contributed by atoms with Gasteiger partial charge in [0.25, 0.3) is 0 Å². The average Bonchev–Trinajstić information content (AvgIpc) is 1.77. The summed E-state index contributed by atoms with van der Waals surface area (Å²) in [7, 11) is 0. The molecule has 0 atom stereocenters. The summed E-state index contributed by atoms with van der Waals surface area (Å²) >= 11 is 0. The van der Waals surface area contributed by atoms with Gasteiger partial charge in [0.05, 0.1) is 0 Å². The van der Waals surface area contributed by atoms with Crippen LogP contribution in [0.5, 0.6) is 11.5 Å². The Labute approximate surface area is 99.6 Å². The molecule has 1 aromatic carbocycles. The average molecular weight is 233 g/mol. The van der Waals surface area contributed by atoms with Crippen molar-refractivity contribution in [1.82, 2.24) is 0 Å². The van der Waals surface area contributed by atoms with E-state index in [1.165, 1.54) is 12.1 Å². The Morgan fingerprint density at radius 1 is 0.900 bits per heavy atom. The molecule has 0 saturated heterocycles. The first-order valence-corrected chi connectivity index (χ1v) is 2.27. The van der Waals surface area contributed by atoms with E-state index in [9.17, 15) is 0 Å². The molecule has 1 rings (SSSR count). The van der Waals surface area contributed by atoms with Crippen LogP contribution in [0.3, 0.4) is 0 Å². The first kappa shape index (κ1) is 13.2. The number of aromatic hydroxyl groups is 2. The number of hydrogen-bond acceptors (Lipinski definition) is 2. The summed E-state index contributed by atoms with van der Waals surface area (Å²) < 4.78 is 0. The van der Waals surface area contributed by atoms with E-state index < -0.39 is 0 Å². The van der Waals surface area contributed by atoms with Crippen LogP contribution in [0.2, 0.25) is 0 Å². The molecule has 2 nitrogen and oxygen atoms in total. The van der Waals surface area contributed by atoms with Gasteiger partial charge in [-0.2, -0.15) is 0 Å². The van der Waals surface area contributed by atoms with Crippen molar-refractivity contribution in [2.45, 2.75) is 0 Å². The minimum absolute atomic E-state index is 0. The third kappa shape index (κ3) is 3.66. The predicted molar refractivity (Wildman–Crippen MR) is 48.6 cm³/mol. The second-order valence-corrected chi connectivity index (χ2v) is 1.49. The van der Waals surface area contributed by atoms with Gasteiger partial charge in [0.1, 0.15) is 0 Å². The molecule has 0 spiro atoms. The molecule has 0 amide bonds. The summed E-state index contributed by atoms with van der Waals surface area (Å²) in [5, 5.41) is 17.3. The fourth-order valence-electron chi connectivity index (χ4n) is 0.464. The maximum absolute atomic E-state index is 8.67. The third-order valence-electron chi connectivity index (χ3n) is 0.882. The Hall–Kier alpha value is 0.560. The summed E-state index contributed by atoms with van der Waals surface area (Å²) in [6.45, 7) is 0. The number of phenolic OH excluding ortho intramolecular Hbond substituents is 2. The van der Waals surface area contributed by atoms with Crippen molar-refractivity contribution in [3.05, 3.63) is 24.3 Å². The molecule has 10 heavy (non-hydrogen) atoms. The van der Waals surface area contributed by atoms with Crippen molar-refractivity contribution >= 4 is 54.7 Å². The monoisotopic (exact) mass is 232 g/mol. The molecule has 0 radical (unpaired) electrons. The van der Waals surface area contributed by atoms with Crippen LogP contribution in [0, 0.1) is 0 Å². The fraction of sp³-hybridized carbons (Fsp3) is 0. The Morgan fingerprint density at radius 2 is 1.20 bits per heavy atom. The molecule has 0 fully saturated rings. The van der Waals surface area contributed by atoms with Gasteiger partial charge in [-0.25, -0.2) is 0 Å². The number of halogens is 1. The van der Waals surface area contributed by atoms with Crippen molar-refractivity contribution in [1.29, 1.82) is 0 Å². The quantitative estimate of drug-likeness (QED) is 0.513. The topological polar surface area (TPSA) is 40.5 Å². The van der Waals surface area contributed by atoms with E-state index in [0.29, 0.717) is 0 Å². The number of hydrogen-bond donors (Lipinski definition) is 2. The van der Waals surface area contributed by atoms with E-state index in [4.69, 9.17) is 10.2 Å². The van der Waals surface area contributed by atoms with Gasteiger partial charge in [0.2, 0.25) is 0 Å². The molecule has 0 saturated carbocycles. The molecule has 2 N–H and O–H groups in total. The van der Waals surface area contributed by atoms with Crippen LogP contribution >= 0.6 is 17.0 Å². The van der Waals surface area contributed by atoms with Crippen molar-refractivity contribution in [3.63, 3.8) is 0 Å². The maximum atomic E-state index is 8.67. The van der Waals surface area contributed by atoms with Gasteiger partial charge in [-0.15, -0.1) is 17.0 Å². The van der Waals surface area contributed by atoms with Gasteiger partial charge in [0.15, 0.2) is 11.5 Å². The molecule has 0 aliphatic rings. The Kier molecular flexibility index (Phi) is 8.27. The van der Waals surface area contributed by atoms with Crippen molar-refractivity contribution in [2.24, 2.45) is 0 Å². The summed E-state index contributed by atoms with van der Waals surface area (Å²) in [5.41, 5.74) is 0. The molecule has 1 aromatic rings. The van der Waals surface area contributed by atoms with E-state index in [1.807, 2.05) is 0 Å². The van der Waals surface area contributed by atoms with Crippen LogP contribution in [0.1, 0.15) is 0 Å². The standard InChI is InChI=1S/C6H6O2.BrH.Ca.2H/c7-5-3-1-2-4-6(5)8;;;;/h1-4,7-8H;1H;;;. The molecular weight excluding hydrogens is 224 g/mol. The van der Waals surface area contributed by atoms with E-state index in [1.54, 1.807) is 12.1 Å².